The van der Waals surface area contributed by atoms with Crippen LogP contribution in [0.3, 0.4) is 0 Å². The van der Waals surface area contributed by atoms with E-state index in [1.54, 1.807) is 32.0 Å². The van der Waals surface area contributed by atoms with Gasteiger partial charge in [-0.1, -0.05) is 29.9 Å². The minimum Gasteiger partial charge on any atom is -0.480 e. The fraction of sp³-hybridized carbons (Fsp3) is 0.538. The molecule has 0 saturated heterocycles. The number of fused-ring (bicyclic) bond motifs is 1. The quantitative estimate of drug-likeness (QED) is 0.510. The van der Waals surface area contributed by atoms with Crippen LogP contribution in [0.5, 0.6) is 0 Å². The zero-order valence-corrected chi connectivity index (χ0v) is 15.9. The second kappa shape index (κ2) is 5.77. The summed E-state index contributed by atoms with van der Waals surface area (Å²) in [6.07, 6.45) is 4.21. The molecule has 0 unspecified atom stereocenters. The topological polar surface area (TPSA) is 18.5 Å². The van der Waals surface area contributed by atoms with Gasteiger partial charge in [0.2, 0.25) is 10.2 Å². The molecule has 0 radical (unpaired) electrons. The van der Waals surface area contributed by atoms with Crippen LogP contribution in [0.2, 0.25) is 0 Å². The van der Waals surface area contributed by atoms with Crippen LogP contribution < -0.4 is 0 Å². The Balaban J connectivity index is 1.35. The lowest BCUT2D eigenvalue weighted by Crippen LogP contribution is -2.14. The van der Waals surface area contributed by atoms with Crippen molar-refractivity contribution in [2.45, 2.75) is 29.8 Å². The molecule has 0 amide bonds. The van der Waals surface area contributed by atoms with Crippen LogP contribution in [0.1, 0.15) is 19.3 Å². The van der Waals surface area contributed by atoms with Crippen molar-refractivity contribution >= 4 is 70.6 Å². The van der Waals surface area contributed by atoms with E-state index >= 15 is 0 Å². The normalized spacial score (nSPS) is 34.7. The average Bonchev–Trinajstić information content (AvgIpc) is 3.20. The van der Waals surface area contributed by atoms with E-state index in [0.29, 0.717) is 13.2 Å². The number of thioether (sulfide) groups is 6. The van der Waals surface area contributed by atoms with Gasteiger partial charge in [-0.05, 0) is 36.4 Å². The Morgan fingerprint density at radius 2 is 1.19 bits per heavy atom. The second-order valence-electron chi connectivity index (χ2n) is 5.07. The van der Waals surface area contributed by atoms with Gasteiger partial charge in [0.15, 0.2) is 0 Å². The highest BCUT2D eigenvalue weighted by atomic mass is 32.3. The molecule has 2 nitrogen and oxygen atoms in total. The highest BCUT2D eigenvalue weighted by molar-refractivity contribution is 8.43. The molecule has 0 aromatic heterocycles. The number of rotatable bonds is 0. The molecular weight excluding hydrogens is 381 g/mol. The van der Waals surface area contributed by atoms with E-state index in [-0.39, 0.29) is 0 Å². The molecule has 5 rings (SSSR count). The maximum absolute atomic E-state index is 5.69. The molecule has 5 aliphatic rings. The van der Waals surface area contributed by atoms with Gasteiger partial charge in [0.05, 0.1) is 16.9 Å². The fourth-order valence-corrected chi connectivity index (χ4v) is 12.3. The Hall–Kier alpha value is 0.920. The van der Waals surface area contributed by atoms with Crippen molar-refractivity contribution in [3.8, 4) is 0 Å². The van der Waals surface area contributed by atoms with Crippen LogP contribution in [0.25, 0.3) is 0 Å². The first-order valence-electron chi connectivity index (χ1n) is 6.90. The summed E-state index contributed by atoms with van der Waals surface area (Å²) in [5.74, 6) is 0. The predicted molar refractivity (Wildman–Crippen MR) is 100.0 cm³/mol. The van der Waals surface area contributed by atoms with E-state index in [2.05, 4.69) is 23.5 Å². The van der Waals surface area contributed by atoms with Crippen LogP contribution >= 0.6 is 70.6 Å². The van der Waals surface area contributed by atoms with Gasteiger partial charge in [0.1, 0.15) is 13.2 Å². The summed E-state index contributed by atoms with van der Waals surface area (Å²) in [4.78, 5) is 0. The van der Waals surface area contributed by atoms with Gasteiger partial charge < -0.3 is 9.47 Å². The molecule has 2 atom stereocenters. The highest BCUT2D eigenvalue weighted by Crippen LogP contribution is 2.68. The van der Waals surface area contributed by atoms with Gasteiger partial charge in [-0.2, -0.15) is 0 Å². The van der Waals surface area contributed by atoms with Gasteiger partial charge >= 0.3 is 0 Å². The summed E-state index contributed by atoms with van der Waals surface area (Å²) >= 11 is 11.7. The van der Waals surface area contributed by atoms with E-state index in [0.717, 1.165) is 20.7 Å². The Labute approximate surface area is 149 Å². The SMILES string of the molecule is C1C[C@@H]2SC3=C(SC(=C4SC5=C(OCCO5)S4)S3)S[C@@H]2C1. The molecule has 1 fully saturated rings. The molecule has 1 saturated carbocycles. The first-order chi connectivity index (χ1) is 10.4. The van der Waals surface area contributed by atoms with Crippen LogP contribution in [-0.2, 0) is 9.47 Å². The van der Waals surface area contributed by atoms with Crippen molar-refractivity contribution in [3.05, 3.63) is 27.1 Å². The minimum absolute atomic E-state index is 0.680. The number of hydrogen-bond acceptors (Lipinski definition) is 8. The Morgan fingerprint density at radius 3 is 1.76 bits per heavy atom. The zero-order chi connectivity index (χ0) is 13.8. The molecule has 1 aliphatic carbocycles. The molecule has 0 spiro atoms. The summed E-state index contributed by atoms with van der Waals surface area (Å²) in [7, 11) is 0. The molecule has 0 bridgehead atoms. The lowest BCUT2D eigenvalue weighted by molar-refractivity contribution is 0.0949. The van der Waals surface area contributed by atoms with Crippen molar-refractivity contribution in [3.63, 3.8) is 0 Å². The van der Waals surface area contributed by atoms with E-state index in [4.69, 9.17) is 9.47 Å². The molecule has 112 valence electrons. The first kappa shape index (κ1) is 14.3. The molecule has 4 aliphatic heterocycles. The molecule has 0 N–H and O–H groups in total. The third-order valence-electron chi connectivity index (χ3n) is 3.70. The summed E-state index contributed by atoms with van der Waals surface area (Å²) in [6.45, 7) is 1.36. The van der Waals surface area contributed by atoms with Crippen molar-refractivity contribution in [1.29, 1.82) is 0 Å². The highest BCUT2D eigenvalue weighted by Gasteiger charge is 2.40. The lowest BCUT2D eigenvalue weighted by atomic mass is 10.4. The second-order valence-corrected chi connectivity index (χ2v) is 12.6. The maximum atomic E-state index is 5.69. The Bertz CT molecular complexity index is 549. The Kier molecular flexibility index (Phi) is 3.93. The van der Waals surface area contributed by atoms with Gasteiger partial charge in [-0.3, -0.25) is 0 Å². The zero-order valence-electron chi connectivity index (χ0n) is 11.0. The molecule has 0 aromatic carbocycles. The summed E-state index contributed by atoms with van der Waals surface area (Å²) in [6, 6.07) is 0. The summed E-state index contributed by atoms with van der Waals surface area (Å²) < 4.78 is 17.2. The molecular formula is C13H12O2S6. The van der Waals surface area contributed by atoms with Crippen molar-refractivity contribution in [2.75, 3.05) is 13.2 Å². The van der Waals surface area contributed by atoms with Crippen LogP contribution in [-0.4, -0.2) is 23.7 Å². The van der Waals surface area contributed by atoms with Gasteiger partial charge in [0.25, 0.3) is 0 Å². The minimum atomic E-state index is 0.680. The Morgan fingerprint density at radius 1 is 0.667 bits per heavy atom. The lowest BCUT2D eigenvalue weighted by Gasteiger charge is -2.24. The standard InChI is InChI=1S/C13H12O2S6/c1-2-6-7(3-1)17-11-10(16-6)20-13(21-11)12-18-8-9(19-12)15-5-4-14-8/h6-7H,1-5H2/t6-,7+. The summed E-state index contributed by atoms with van der Waals surface area (Å²) in [5.41, 5.74) is 0. The van der Waals surface area contributed by atoms with Crippen molar-refractivity contribution < 1.29 is 9.47 Å². The monoisotopic (exact) mass is 392 g/mol. The molecule has 0 aromatic rings. The molecule has 4 heterocycles. The summed E-state index contributed by atoms with van der Waals surface area (Å²) in [5, 5.41) is 3.65. The van der Waals surface area contributed by atoms with Gasteiger partial charge in [0, 0.05) is 10.5 Å². The number of hydrogen-bond donors (Lipinski definition) is 0. The molecule has 21 heavy (non-hydrogen) atoms. The van der Waals surface area contributed by atoms with Gasteiger partial charge in [-0.25, -0.2) is 0 Å². The first-order valence-corrected chi connectivity index (χ1v) is 11.9. The average molecular weight is 393 g/mol. The smallest absolute Gasteiger partial charge is 0.208 e. The van der Waals surface area contributed by atoms with Crippen LogP contribution in [0.15, 0.2) is 27.1 Å². The maximum Gasteiger partial charge on any atom is 0.208 e. The van der Waals surface area contributed by atoms with E-state index < -0.39 is 0 Å². The van der Waals surface area contributed by atoms with Crippen LogP contribution in [0, 0.1) is 0 Å². The van der Waals surface area contributed by atoms with E-state index in [1.807, 2.05) is 23.5 Å². The largest absolute Gasteiger partial charge is 0.480 e. The van der Waals surface area contributed by atoms with Crippen molar-refractivity contribution in [1.82, 2.24) is 0 Å². The van der Waals surface area contributed by atoms with E-state index in [9.17, 15) is 0 Å². The number of ether oxygens (including phenoxy) is 2. The third kappa shape index (κ3) is 2.58. The predicted octanol–water partition coefficient (Wildman–Crippen LogP) is 5.77. The van der Waals surface area contributed by atoms with Crippen molar-refractivity contribution in [2.24, 2.45) is 0 Å². The van der Waals surface area contributed by atoms with Crippen LogP contribution in [0.4, 0.5) is 0 Å². The van der Waals surface area contributed by atoms with E-state index in [1.165, 1.54) is 27.7 Å². The molecule has 8 heteroatoms. The van der Waals surface area contributed by atoms with Gasteiger partial charge in [-0.15, -0.1) is 23.5 Å². The fourth-order valence-electron chi connectivity index (χ4n) is 2.74. The third-order valence-corrected chi connectivity index (χ3v) is 13.0.